The minimum atomic E-state index is 0. The first-order chi connectivity index (χ1) is 1.91. The summed E-state index contributed by atoms with van der Waals surface area (Å²) < 4.78 is 0. The Hall–Kier alpha value is 0.644. The third-order valence-corrected chi connectivity index (χ3v) is 0.0833. The normalized spacial score (nSPS) is 3.33. The summed E-state index contributed by atoms with van der Waals surface area (Å²) in [6.45, 7) is 3.06. The van der Waals surface area contributed by atoms with E-state index >= 15 is 0 Å². The Balaban J connectivity index is -0.0000000450. The average Bonchev–Trinajstić information content (AvgIpc) is 1.37. The van der Waals surface area contributed by atoms with Crippen molar-refractivity contribution in [2.75, 3.05) is 0 Å². The fourth-order valence-electron chi connectivity index (χ4n) is 0. The van der Waals surface area contributed by atoms with E-state index in [1.807, 2.05) is 0 Å². The third-order valence-electron chi connectivity index (χ3n) is 0.0833. The molecule has 6 heavy (non-hydrogen) atoms. The summed E-state index contributed by atoms with van der Waals surface area (Å²) in [5.74, 6) is 0. The Morgan fingerprint density at radius 1 is 1.67 bits per heavy atom. The monoisotopic (exact) mass is 159 g/mol. The van der Waals surface area contributed by atoms with Crippen molar-refractivity contribution in [1.29, 1.82) is 0 Å². The zero-order valence-corrected chi connectivity index (χ0v) is 5.71. The van der Waals surface area contributed by atoms with Gasteiger partial charge in [-0.15, -0.1) is 0 Å². The molecule has 0 aliphatic carbocycles. The van der Waals surface area contributed by atoms with E-state index in [1.54, 1.807) is 0 Å². The molecule has 0 saturated heterocycles. The van der Waals surface area contributed by atoms with Gasteiger partial charge in [-0.3, -0.25) is 0 Å². The van der Waals surface area contributed by atoms with Gasteiger partial charge in [0.2, 0.25) is 0 Å². The van der Waals surface area contributed by atoms with Gasteiger partial charge in [-0.25, -0.2) is 12.7 Å². The first kappa shape index (κ1) is 15.9. The predicted molar refractivity (Wildman–Crippen MR) is 15.9 cm³/mol. The van der Waals surface area contributed by atoms with Crippen LogP contribution in [0.5, 0.6) is 0 Å². The van der Waals surface area contributed by atoms with E-state index in [4.69, 9.17) is 4.79 Å². The van der Waals surface area contributed by atoms with E-state index in [9.17, 15) is 0 Å². The molecular weight excluding hydrogens is 156 g/mol. The quantitative estimate of drug-likeness (QED) is 0.305. The van der Waals surface area contributed by atoms with Crippen LogP contribution in [0, 0.1) is 0 Å². The molecule has 3 heteroatoms. The Labute approximate surface area is 62.5 Å². The van der Waals surface area contributed by atoms with E-state index in [0.717, 1.165) is 6.08 Å². The first-order valence-electron chi connectivity index (χ1n) is 0.901. The second-order valence-corrected chi connectivity index (χ2v) is 0.322. The molecule has 0 aliphatic rings. The third kappa shape index (κ3) is 22.8. The number of carbonyl (C=O) groups excluding carboxylic acids is 1. The topological polar surface area (TPSA) is 17.1 Å². The van der Waals surface area contributed by atoms with Crippen LogP contribution >= 0.6 is 0 Å². The fourth-order valence-corrected chi connectivity index (χ4v) is 0. The summed E-state index contributed by atoms with van der Waals surface area (Å²) in [4.78, 5) is 8.93. The van der Waals surface area contributed by atoms with E-state index in [0.29, 0.717) is 0 Å². The van der Waals surface area contributed by atoms with Crippen LogP contribution in [0.4, 0.5) is 0 Å². The summed E-state index contributed by atoms with van der Waals surface area (Å²) >= 11 is 0. The zero-order valence-electron chi connectivity index (χ0n) is 3.05. The molecular formula is C3H3FeOTi-. The van der Waals surface area contributed by atoms with Crippen LogP contribution in [0.1, 0.15) is 0 Å². The molecule has 0 amide bonds. The molecule has 0 aliphatic heterocycles. The molecule has 0 unspecified atom stereocenters. The van der Waals surface area contributed by atoms with Crippen molar-refractivity contribution in [1.82, 2.24) is 0 Å². The largest absolute Gasteiger partial charge is 0.419 e. The summed E-state index contributed by atoms with van der Waals surface area (Å²) in [5.41, 5.74) is 0. The van der Waals surface area contributed by atoms with Crippen molar-refractivity contribution in [2.24, 2.45) is 0 Å². The fraction of sp³-hybridized carbons (Fsp3) is 0. The Morgan fingerprint density at radius 2 is 1.83 bits per heavy atom. The van der Waals surface area contributed by atoms with Crippen molar-refractivity contribution in [3.05, 3.63) is 12.7 Å². The molecule has 0 spiro atoms. The van der Waals surface area contributed by atoms with Gasteiger partial charge in [-0.1, -0.05) is 0 Å². The summed E-state index contributed by atoms with van der Waals surface area (Å²) in [5, 5.41) is 0. The van der Waals surface area contributed by atoms with E-state index in [2.05, 4.69) is 6.58 Å². The molecule has 0 atom stereocenters. The van der Waals surface area contributed by atoms with Crippen LogP contribution in [0.15, 0.2) is 12.7 Å². The van der Waals surface area contributed by atoms with Crippen molar-refractivity contribution in [3.63, 3.8) is 0 Å². The molecule has 0 aromatic carbocycles. The standard InChI is InChI=1S/C3H3O.Fe.Ti/c1-2-3-4;;/h2H,1H2;;/q-1;;. The van der Waals surface area contributed by atoms with Crippen molar-refractivity contribution in [2.45, 2.75) is 0 Å². The maximum Gasteiger partial charge on any atom is 0 e. The minimum Gasteiger partial charge on any atom is -0.419 e. The van der Waals surface area contributed by atoms with Crippen LogP contribution < -0.4 is 0 Å². The van der Waals surface area contributed by atoms with Crippen molar-refractivity contribution >= 4 is 6.29 Å². The van der Waals surface area contributed by atoms with Crippen molar-refractivity contribution in [3.8, 4) is 0 Å². The van der Waals surface area contributed by atoms with Gasteiger partial charge in [-0.05, 0) is 6.29 Å². The second-order valence-electron chi connectivity index (χ2n) is 0.322. The van der Waals surface area contributed by atoms with E-state index < -0.39 is 0 Å². The van der Waals surface area contributed by atoms with Crippen molar-refractivity contribution < 1.29 is 43.6 Å². The molecule has 34 valence electrons. The van der Waals surface area contributed by atoms with Crippen LogP contribution in [-0.2, 0) is 43.6 Å². The molecule has 0 N–H and O–H groups in total. The van der Waals surface area contributed by atoms with E-state index in [-0.39, 0.29) is 38.8 Å². The summed E-state index contributed by atoms with van der Waals surface area (Å²) in [6.07, 6.45) is 2.51. The number of hydrogen-bond acceptors (Lipinski definition) is 1. The minimum absolute atomic E-state index is 0. The maximum atomic E-state index is 8.93. The Kier molecular flexibility index (Phi) is 46.3. The van der Waals surface area contributed by atoms with Gasteiger partial charge < -0.3 is 4.79 Å². The zero-order chi connectivity index (χ0) is 3.41. The van der Waals surface area contributed by atoms with Gasteiger partial charge in [0.25, 0.3) is 0 Å². The number of hydrogen-bond donors (Lipinski definition) is 0. The molecule has 0 saturated carbocycles. The van der Waals surface area contributed by atoms with Crippen LogP contribution in [-0.4, -0.2) is 6.29 Å². The van der Waals surface area contributed by atoms with E-state index in [1.165, 1.54) is 6.29 Å². The Morgan fingerprint density at radius 3 is 1.83 bits per heavy atom. The molecule has 0 bridgehead atoms. The Bertz CT molecular complexity index is 31.8. The van der Waals surface area contributed by atoms with Gasteiger partial charge in [0.05, 0.1) is 0 Å². The number of allylic oxidation sites excluding steroid dienone is 1. The average molecular weight is 159 g/mol. The summed E-state index contributed by atoms with van der Waals surface area (Å²) in [6, 6.07) is 0. The SMILES string of the molecule is C=C[C-]=O.[Fe].[Ti]. The maximum absolute atomic E-state index is 8.93. The first-order valence-corrected chi connectivity index (χ1v) is 0.901. The molecule has 0 aromatic heterocycles. The van der Waals surface area contributed by atoms with Gasteiger partial charge in [0.15, 0.2) is 0 Å². The molecule has 0 heterocycles. The molecule has 0 aromatic rings. The van der Waals surface area contributed by atoms with Crippen LogP contribution in [0.2, 0.25) is 0 Å². The van der Waals surface area contributed by atoms with Gasteiger partial charge >= 0.3 is 0 Å². The predicted octanol–water partition coefficient (Wildman–Crippen LogP) is 0.277. The van der Waals surface area contributed by atoms with Gasteiger partial charge in [0.1, 0.15) is 0 Å². The van der Waals surface area contributed by atoms with Gasteiger partial charge in [-0.2, -0.15) is 0 Å². The van der Waals surface area contributed by atoms with Gasteiger partial charge in [0, 0.05) is 38.8 Å². The second kappa shape index (κ2) is 17.4. The molecule has 0 rings (SSSR count). The number of rotatable bonds is 1. The van der Waals surface area contributed by atoms with Crippen LogP contribution in [0.25, 0.3) is 0 Å². The molecule has 0 fully saturated rings. The smallest absolute Gasteiger partial charge is 0 e. The molecule has 0 radical (unpaired) electrons. The van der Waals surface area contributed by atoms with Crippen LogP contribution in [0.3, 0.4) is 0 Å². The summed E-state index contributed by atoms with van der Waals surface area (Å²) in [7, 11) is 0. The molecule has 1 nitrogen and oxygen atoms in total.